The average Bonchev–Trinajstić information content (AvgIpc) is 2.58. The molecule has 0 spiro atoms. The molecule has 0 aromatic heterocycles. The van der Waals surface area contributed by atoms with Crippen molar-refractivity contribution in [2.75, 3.05) is 13.7 Å². The molecule has 1 aromatic carbocycles. The Labute approximate surface area is 87.4 Å². The number of carbonyl (C=O) groups excluding carboxylic acids is 1. The zero-order valence-corrected chi connectivity index (χ0v) is 8.34. The van der Waals surface area contributed by atoms with Gasteiger partial charge in [-0.25, -0.2) is 4.79 Å². The van der Waals surface area contributed by atoms with Crippen LogP contribution in [0.2, 0.25) is 0 Å². The summed E-state index contributed by atoms with van der Waals surface area (Å²) in [5.41, 5.74) is 1.25. The van der Waals surface area contributed by atoms with Crippen molar-refractivity contribution in [2.24, 2.45) is 0 Å². The molecule has 0 saturated heterocycles. The van der Waals surface area contributed by atoms with E-state index in [1.165, 1.54) is 7.11 Å². The Hall–Kier alpha value is -1.39. The highest BCUT2D eigenvalue weighted by molar-refractivity contribution is 5.94. The number of fused-ring (bicyclic) bond motifs is 1. The Morgan fingerprint density at radius 2 is 2.27 bits per heavy atom. The third-order valence-electron chi connectivity index (χ3n) is 2.41. The first-order chi connectivity index (χ1) is 7.24. The lowest BCUT2D eigenvalue weighted by molar-refractivity contribution is -0.0379. The predicted octanol–water partition coefficient (Wildman–Crippen LogP) is 0.905. The van der Waals surface area contributed by atoms with Crippen LogP contribution in [-0.2, 0) is 9.47 Å². The first-order valence-electron chi connectivity index (χ1n) is 4.71. The molecule has 1 aromatic rings. The average molecular weight is 208 g/mol. The van der Waals surface area contributed by atoms with Gasteiger partial charge in [0.25, 0.3) is 0 Å². The maximum Gasteiger partial charge on any atom is 0.339 e. The van der Waals surface area contributed by atoms with Crippen molar-refractivity contribution in [3.05, 3.63) is 35.4 Å². The first-order valence-corrected chi connectivity index (χ1v) is 4.71. The molecule has 2 rings (SSSR count). The van der Waals surface area contributed by atoms with Crippen LogP contribution in [0.3, 0.4) is 0 Å². The lowest BCUT2D eigenvalue weighted by atomic mass is 10.0. The number of methoxy groups -OCH3 is 1. The minimum absolute atomic E-state index is 0.145. The molecule has 0 bridgehead atoms. The van der Waals surface area contributed by atoms with Crippen molar-refractivity contribution in [3.63, 3.8) is 0 Å². The van der Waals surface area contributed by atoms with Gasteiger partial charge in [-0.15, -0.1) is 0 Å². The molecule has 80 valence electrons. The molecule has 1 aliphatic rings. The maximum absolute atomic E-state index is 11.4. The first kappa shape index (κ1) is 10.1. The normalized spacial score (nSPS) is 20.9. The third-order valence-corrected chi connectivity index (χ3v) is 2.41. The minimum atomic E-state index is -0.817. The van der Waals surface area contributed by atoms with E-state index < -0.39 is 12.2 Å². The van der Waals surface area contributed by atoms with Crippen LogP contribution in [0.15, 0.2) is 24.3 Å². The van der Waals surface area contributed by atoms with Gasteiger partial charge in [0.15, 0.2) is 6.10 Å². The summed E-state index contributed by atoms with van der Waals surface area (Å²) in [5.74, 6) is -0.384. The molecule has 15 heavy (non-hydrogen) atoms. The maximum atomic E-state index is 11.4. The van der Waals surface area contributed by atoms with E-state index in [0.29, 0.717) is 5.56 Å². The van der Waals surface area contributed by atoms with Gasteiger partial charge in [-0.3, -0.25) is 0 Å². The van der Waals surface area contributed by atoms with Gasteiger partial charge in [0, 0.05) is 12.7 Å². The van der Waals surface area contributed by atoms with Crippen LogP contribution in [0.4, 0.5) is 0 Å². The van der Waals surface area contributed by atoms with Crippen molar-refractivity contribution in [1.82, 2.24) is 0 Å². The quantitative estimate of drug-likeness (QED) is 0.750. The number of ether oxygens (including phenoxy) is 2. The molecule has 0 amide bonds. The summed E-state index contributed by atoms with van der Waals surface area (Å²) in [6.45, 7) is 0.145. The summed E-state index contributed by atoms with van der Waals surface area (Å²) in [6.07, 6.45) is -1.42. The highest BCUT2D eigenvalue weighted by Crippen LogP contribution is 2.32. The van der Waals surface area contributed by atoms with Crippen molar-refractivity contribution in [2.45, 2.75) is 12.2 Å². The summed E-state index contributed by atoms with van der Waals surface area (Å²) in [6, 6.07) is 7.06. The largest absolute Gasteiger partial charge is 0.451 e. The van der Waals surface area contributed by atoms with Crippen LogP contribution in [0, 0.1) is 0 Å². The fraction of sp³-hybridized carbons (Fsp3) is 0.364. The number of aliphatic hydroxyl groups is 1. The van der Waals surface area contributed by atoms with E-state index in [4.69, 9.17) is 9.47 Å². The molecule has 0 aliphatic carbocycles. The third kappa shape index (κ3) is 1.73. The summed E-state index contributed by atoms with van der Waals surface area (Å²) >= 11 is 0. The van der Waals surface area contributed by atoms with E-state index >= 15 is 0 Å². The minimum Gasteiger partial charge on any atom is -0.451 e. The van der Waals surface area contributed by atoms with Gasteiger partial charge >= 0.3 is 5.97 Å². The van der Waals surface area contributed by atoms with Crippen LogP contribution in [-0.4, -0.2) is 30.9 Å². The molecule has 1 aliphatic heterocycles. The van der Waals surface area contributed by atoms with Gasteiger partial charge in [0.1, 0.15) is 6.10 Å². The second kappa shape index (κ2) is 4.00. The Balaban J connectivity index is 2.28. The number of carbonyl (C=O) groups is 1. The summed E-state index contributed by atoms with van der Waals surface area (Å²) < 4.78 is 9.90. The van der Waals surface area contributed by atoms with Crippen molar-refractivity contribution in [3.8, 4) is 0 Å². The highest BCUT2D eigenvalue weighted by atomic mass is 16.6. The van der Waals surface area contributed by atoms with Gasteiger partial charge in [-0.1, -0.05) is 18.2 Å². The lowest BCUT2D eigenvalue weighted by Crippen LogP contribution is -2.23. The van der Waals surface area contributed by atoms with Crippen molar-refractivity contribution >= 4 is 5.97 Å². The Bertz CT molecular complexity index is 375. The number of hydrogen-bond acceptors (Lipinski definition) is 4. The van der Waals surface area contributed by atoms with Gasteiger partial charge in [-0.2, -0.15) is 0 Å². The summed E-state index contributed by atoms with van der Waals surface area (Å²) in [4.78, 5) is 11.4. The van der Waals surface area contributed by atoms with Crippen molar-refractivity contribution < 1.29 is 19.4 Å². The second-order valence-electron chi connectivity index (χ2n) is 3.44. The topological polar surface area (TPSA) is 55.8 Å². The molecule has 1 N–H and O–H groups in total. The molecule has 2 atom stereocenters. The Morgan fingerprint density at radius 1 is 1.53 bits per heavy atom. The fourth-order valence-electron chi connectivity index (χ4n) is 1.72. The number of cyclic esters (lactones) is 1. The number of benzene rings is 1. The van der Waals surface area contributed by atoms with Crippen LogP contribution in [0.25, 0.3) is 0 Å². The molecule has 1 heterocycles. The smallest absolute Gasteiger partial charge is 0.339 e. The molecule has 4 nitrogen and oxygen atoms in total. The van der Waals surface area contributed by atoms with Crippen LogP contribution < -0.4 is 0 Å². The molecule has 0 fully saturated rings. The number of aliphatic hydroxyl groups excluding tert-OH is 1. The highest BCUT2D eigenvalue weighted by Gasteiger charge is 2.35. The standard InChI is InChI=1S/C11H12O4/c1-14-6-9(12)10-7-4-2-3-5-8(7)11(13)15-10/h2-5,9-10,12H,6H2,1H3/t9-,10-/m0/s1. The fourth-order valence-corrected chi connectivity index (χ4v) is 1.72. The monoisotopic (exact) mass is 208 g/mol. The molecular formula is C11H12O4. The van der Waals surface area contributed by atoms with E-state index in [2.05, 4.69) is 0 Å². The number of hydrogen-bond donors (Lipinski definition) is 1. The molecular weight excluding hydrogens is 196 g/mol. The Morgan fingerprint density at radius 3 is 3.00 bits per heavy atom. The van der Waals surface area contributed by atoms with E-state index in [-0.39, 0.29) is 12.6 Å². The van der Waals surface area contributed by atoms with E-state index in [1.54, 1.807) is 18.2 Å². The second-order valence-corrected chi connectivity index (χ2v) is 3.44. The van der Waals surface area contributed by atoms with Crippen LogP contribution in [0.5, 0.6) is 0 Å². The predicted molar refractivity (Wildman–Crippen MR) is 52.5 cm³/mol. The molecule has 0 radical (unpaired) electrons. The van der Waals surface area contributed by atoms with E-state index in [0.717, 1.165) is 5.56 Å². The van der Waals surface area contributed by atoms with Crippen molar-refractivity contribution in [1.29, 1.82) is 0 Å². The van der Waals surface area contributed by atoms with Gasteiger partial charge in [0.2, 0.25) is 0 Å². The van der Waals surface area contributed by atoms with Crippen LogP contribution in [0.1, 0.15) is 22.0 Å². The molecule has 0 saturated carbocycles. The zero-order chi connectivity index (χ0) is 10.8. The number of esters is 1. The van der Waals surface area contributed by atoms with Gasteiger partial charge < -0.3 is 14.6 Å². The zero-order valence-electron chi connectivity index (χ0n) is 8.34. The van der Waals surface area contributed by atoms with E-state index in [9.17, 15) is 9.90 Å². The SMILES string of the molecule is COC[C@H](O)[C@H]1OC(=O)c2ccccc21. The summed E-state index contributed by atoms with van der Waals surface area (Å²) in [5, 5.41) is 9.71. The van der Waals surface area contributed by atoms with Gasteiger partial charge in [-0.05, 0) is 6.07 Å². The number of rotatable bonds is 3. The van der Waals surface area contributed by atoms with E-state index in [1.807, 2.05) is 6.07 Å². The molecule has 4 heteroatoms. The van der Waals surface area contributed by atoms with Crippen LogP contribution >= 0.6 is 0 Å². The summed E-state index contributed by atoms with van der Waals surface area (Å²) in [7, 11) is 1.49. The lowest BCUT2D eigenvalue weighted by Gasteiger charge is -2.16. The van der Waals surface area contributed by atoms with Gasteiger partial charge in [0.05, 0.1) is 12.2 Å². The molecule has 0 unspecified atom stereocenters. The Kier molecular flexibility index (Phi) is 2.70.